The lowest BCUT2D eigenvalue weighted by Crippen LogP contribution is -2.07. The Kier molecular flexibility index (Phi) is 3.69. The minimum absolute atomic E-state index is 0.0505. The molecule has 0 spiro atoms. The molecule has 0 unspecified atom stereocenters. The van der Waals surface area contributed by atoms with Gasteiger partial charge in [0, 0.05) is 11.8 Å². The summed E-state index contributed by atoms with van der Waals surface area (Å²) in [5.74, 6) is 0.236. The van der Waals surface area contributed by atoms with Gasteiger partial charge in [-0.05, 0) is 32.0 Å². The first-order valence-corrected chi connectivity index (χ1v) is 6.31. The van der Waals surface area contributed by atoms with Crippen molar-refractivity contribution in [2.24, 2.45) is 0 Å². The average molecular weight is 260 g/mol. The lowest BCUT2D eigenvalue weighted by Gasteiger charge is -2.05. The Bertz CT molecular complexity index is 637. The highest BCUT2D eigenvalue weighted by molar-refractivity contribution is 6.09. The minimum Gasteiger partial charge on any atom is -0.462 e. The molecule has 0 radical (unpaired) electrons. The van der Waals surface area contributed by atoms with Gasteiger partial charge in [0.25, 0.3) is 0 Å². The van der Waals surface area contributed by atoms with Gasteiger partial charge in [-0.25, -0.2) is 4.79 Å². The fourth-order valence-electron chi connectivity index (χ4n) is 2.01. The molecular formula is C15H16O4. The van der Waals surface area contributed by atoms with Gasteiger partial charge in [0.15, 0.2) is 5.78 Å². The number of ether oxygens (including phenoxy) is 1. The molecule has 100 valence electrons. The van der Waals surface area contributed by atoms with E-state index in [0.717, 1.165) is 5.39 Å². The topological polar surface area (TPSA) is 56.5 Å². The van der Waals surface area contributed by atoms with Crippen molar-refractivity contribution in [2.75, 3.05) is 6.61 Å². The van der Waals surface area contributed by atoms with Gasteiger partial charge in [-0.3, -0.25) is 4.79 Å². The van der Waals surface area contributed by atoms with Crippen LogP contribution in [0.4, 0.5) is 0 Å². The summed E-state index contributed by atoms with van der Waals surface area (Å²) in [4.78, 5) is 23.8. The minimum atomic E-state index is -0.423. The number of ketones is 1. The average Bonchev–Trinajstić information content (AvgIpc) is 2.76. The number of rotatable bonds is 4. The maximum absolute atomic E-state index is 12.0. The van der Waals surface area contributed by atoms with E-state index in [-0.39, 0.29) is 5.78 Å². The van der Waals surface area contributed by atoms with Crippen molar-refractivity contribution < 1.29 is 18.7 Å². The van der Waals surface area contributed by atoms with Crippen LogP contribution in [0, 0.1) is 6.92 Å². The van der Waals surface area contributed by atoms with Crippen LogP contribution in [0.25, 0.3) is 11.0 Å². The second-order valence-electron chi connectivity index (χ2n) is 4.30. The third kappa shape index (κ3) is 2.52. The molecule has 0 atom stereocenters. The lowest BCUT2D eigenvalue weighted by atomic mass is 10.0. The third-order valence-corrected chi connectivity index (χ3v) is 2.87. The molecule has 0 aliphatic rings. The fourth-order valence-corrected chi connectivity index (χ4v) is 2.01. The van der Waals surface area contributed by atoms with Crippen LogP contribution in [-0.4, -0.2) is 18.4 Å². The zero-order valence-electron chi connectivity index (χ0n) is 11.3. The first-order chi connectivity index (χ1) is 9.06. The van der Waals surface area contributed by atoms with Crippen molar-refractivity contribution in [1.29, 1.82) is 0 Å². The van der Waals surface area contributed by atoms with Gasteiger partial charge in [0.2, 0.25) is 0 Å². The number of hydrogen-bond acceptors (Lipinski definition) is 4. The Hall–Kier alpha value is -2.10. The zero-order valence-corrected chi connectivity index (χ0v) is 11.3. The maximum Gasteiger partial charge on any atom is 0.338 e. The zero-order chi connectivity index (χ0) is 14.0. The van der Waals surface area contributed by atoms with Crippen LogP contribution < -0.4 is 0 Å². The second kappa shape index (κ2) is 5.26. The summed E-state index contributed by atoms with van der Waals surface area (Å²) in [6.07, 6.45) is 0.362. The first-order valence-electron chi connectivity index (χ1n) is 6.31. The largest absolute Gasteiger partial charge is 0.462 e. The molecule has 0 saturated carbocycles. The molecule has 4 nitrogen and oxygen atoms in total. The monoisotopic (exact) mass is 260 g/mol. The van der Waals surface area contributed by atoms with Crippen LogP contribution in [0.1, 0.15) is 46.7 Å². The Labute approximate surface area is 111 Å². The molecule has 0 aliphatic carbocycles. The second-order valence-corrected chi connectivity index (χ2v) is 4.30. The Morgan fingerprint density at radius 1 is 1.21 bits per heavy atom. The summed E-state index contributed by atoms with van der Waals surface area (Å²) in [6.45, 7) is 5.64. The standard InChI is InChI=1S/C15H16O4/c1-4-13(16)12-8-11(15(17)18-5-2)7-10-6-9(3)19-14(10)12/h6-8H,4-5H2,1-3H3. The van der Waals surface area contributed by atoms with E-state index in [2.05, 4.69) is 0 Å². The van der Waals surface area contributed by atoms with E-state index in [4.69, 9.17) is 9.15 Å². The van der Waals surface area contributed by atoms with E-state index in [1.807, 2.05) is 13.0 Å². The number of carbonyl (C=O) groups is 2. The SMILES string of the molecule is CCOC(=O)c1cc(C(=O)CC)c2oc(C)cc2c1. The highest BCUT2D eigenvalue weighted by Crippen LogP contribution is 2.26. The summed E-state index contributed by atoms with van der Waals surface area (Å²) in [5.41, 5.74) is 1.36. The van der Waals surface area contributed by atoms with Crippen LogP contribution in [-0.2, 0) is 4.74 Å². The Morgan fingerprint density at radius 2 is 1.95 bits per heavy atom. The molecular weight excluding hydrogens is 244 g/mol. The Morgan fingerprint density at radius 3 is 2.58 bits per heavy atom. The van der Waals surface area contributed by atoms with E-state index in [1.165, 1.54) is 0 Å². The molecule has 2 rings (SSSR count). The van der Waals surface area contributed by atoms with Crippen LogP contribution >= 0.6 is 0 Å². The van der Waals surface area contributed by atoms with Crippen LogP contribution in [0.15, 0.2) is 22.6 Å². The molecule has 0 bridgehead atoms. The summed E-state index contributed by atoms with van der Waals surface area (Å²) >= 11 is 0. The van der Waals surface area contributed by atoms with E-state index < -0.39 is 5.97 Å². The predicted molar refractivity (Wildman–Crippen MR) is 71.5 cm³/mol. The molecule has 1 aromatic heterocycles. The molecule has 2 aromatic rings. The van der Waals surface area contributed by atoms with Crippen molar-refractivity contribution >= 4 is 22.7 Å². The predicted octanol–water partition coefficient (Wildman–Crippen LogP) is 3.51. The smallest absolute Gasteiger partial charge is 0.338 e. The van der Waals surface area contributed by atoms with E-state index in [9.17, 15) is 9.59 Å². The van der Waals surface area contributed by atoms with Crippen LogP contribution in [0.2, 0.25) is 0 Å². The van der Waals surface area contributed by atoms with Gasteiger partial charge >= 0.3 is 5.97 Å². The molecule has 0 aliphatic heterocycles. The van der Waals surface area contributed by atoms with Gasteiger partial charge < -0.3 is 9.15 Å². The summed E-state index contributed by atoms with van der Waals surface area (Å²) in [7, 11) is 0. The number of aryl methyl sites for hydroxylation is 1. The van der Waals surface area contributed by atoms with E-state index in [0.29, 0.717) is 35.5 Å². The number of furan rings is 1. The highest BCUT2D eigenvalue weighted by Gasteiger charge is 2.17. The van der Waals surface area contributed by atoms with Gasteiger partial charge in [-0.2, -0.15) is 0 Å². The van der Waals surface area contributed by atoms with Gasteiger partial charge in [-0.1, -0.05) is 6.92 Å². The van der Waals surface area contributed by atoms with E-state index >= 15 is 0 Å². The summed E-state index contributed by atoms with van der Waals surface area (Å²) in [5, 5.41) is 0.750. The molecule has 0 N–H and O–H groups in total. The third-order valence-electron chi connectivity index (χ3n) is 2.87. The van der Waals surface area contributed by atoms with Crippen molar-refractivity contribution in [3.05, 3.63) is 35.1 Å². The Balaban J connectivity index is 2.62. The highest BCUT2D eigenvalue weighted by atomic mass is 16.5. The maximum atomic E-state index is 12.0. The van der Waals surface area contributed by atoms with Gasteiger partial charge in [-0.15, -0.1) is 0 Å². The number of esters is 1. The number of benzene rings is 1. The summed E-state index contributed by atoms with van der Waals surface area (Å²) in [6, 6.07) is 5.05. The molecule has 19 heavy (non-hydrogen) atoms. The first kappa shape index (κ1) is 13.3. The van der Waals surface area contributed by atoms with Crippen molar-refractivity contribution in [3.8, 4) is 0 Å². The van der Waals surface area contributed by atoms with Crippen molar-refractivity contribution in [3.63, 3.8) is 0 Å². The van der Waals surface area contributed by atoms with E-state index in [1.54, 1.807) is 26.0 Å². The molecule has 1 heterocycles. The van der Waals surface area contributed by atoms with Crippen LogP contribution in [0.3, 0.4) is 0 Å². The quantitative estimate of drug-likeness (QED) is 0.623. The number of hydrogen-bond donors (Lipinski definition) is 0. The van der Waals surface area contributed by atoms with Gasteiger partial charge in [0.05, 0.1) is 17.7 Å². The van der Waals surface area contributed by atoms with Crippen molar-refractivity contribution in [2.45, 2.75) is 27.2 Å². The summed E-state index contributed by atoms with van der Waals surface area (Å²) < 4.78 is 10.5. The van der Waals surface area contributed by atoms with Gasteiger partial charge in [0.1, 0.15) is 11.3 Å². The van der Waals surface area contributed by atoms with Crippen molar-refractivity contribution in [1.82, 2.24) is 0 Å². The fraction of sp³-hybridized carbons (Fsp3) is 0.333. The lowest BCUT2D eigenvalue weighted by molar-refractivity contribution is 0.0526. The van der Waals surface area contributed by atoms with Crippen LogP contribution in [0.5, 0.6) is 0 Å². The molecule has 0 amide bonds. The molecule has 1 aromatic carbocycles. The normalized spacial score (nSPS) is 10.7. The number of carbonyl (C=O) groups excluding carboxylic acids is 2. The molecule has 0 saturated heterocycles. The number of Topliss-reactive ketones (excluding diaryl/α,β-unsaturated/α-hetero) is 1. The molecule has 4 heteroatoms. The number of fused-ring (bicyclic) bond motifs is 1. The molecule has 0 fully saturated rings.